The molecule has 1 amide bonds. The Kier molecular flexibility index (Phi) is 6.86. The number of nitrogens with zero attached hydrogens (tertiary/aromatic N) is 4. The number of anilines is 2. The van der Waals surface area contributed by atoms with Crippen molar-refractivity contribution >= 4 is 29.2 Å². The second-order valence-corrected chi connectivity index (χ2v) is 7.95. The Labute approximate surface area is 184 Å². The van der Waals surface area contributed by atoms with E-state index in [1.807, 2.05) is 38.1 Å². The zero-order chi connectivity index (χ0) is 22.4. The van der Waals surface area contributed by atoms with Gasteiger partial charge >= 0.3 is 0 Å². The Morgan fingerprint density at radius 2 is 1.77 bits per heavy atom. The van der Waals surface area contributed by atoms with Gasteiger partial charge in [-0.2, -0.15) is 10.5 Å². The third-order valence-electron chi connectivity index (χ3n) is 4.62. The number of amides is 1. The van der Waals surface area contributed by atoms with Gasteiger partial charge in [0.15, 0.2) is 0 Å². The Morgan fingerprint density at radius 3 is 2.35 bits per heavy atom. The third kappa shape index (κ3) is 4.82. The molecule has 0 spiro atoms. The largest absolute Gasteiger partial charge is 0.383 e. The number of nitrogens with two attached hydrogens (primary N) is 1. The van der Waals surface area contributed by atoms with Crippen molar-refractivity contribution in [1.29, 1.82) is 10.5 Å². The molecule has 0 radical (unpaired) electrons. The molecule has 1 aromatic carbocycles. The van der Waals surface area contributed by atoms with Crippen LogP contribution in [0.25, 0.3) is 11.1 Å². The Bertz CT molecular complexity index is 1180. The molecule has 0 saturated carbocycles. The number of nitrogen functional groups attached to an aromatic ring is 1. The number of rotatable bonds is 6. The molecule has 3 aromatic rings. The van der Waals surface area contributed by atoms with E-state index in [-0.39, 0.29) is 22.9 Å². The molecule has 8 heteroatoms. The predicted octanol–water partition coefficient (Wildman–Crippen LogP) is 4.29. The normalized spacial score (nSPS) is 11.2. The van der Waals surface area contributed by atoms with Crippen LogP contribution in [0.4, 0.5) is 11.5 Å². The molecule has 154 valence electrons. The van der Waals surface area contributed by atoms with Gasteiger partial charge in [-0.25, -0.2) is 4.98 Å². The number of carbonyl (C=O) groups is 1. The van der Waals surface area contributed by atoms with Crippen LogP contribution in [-0.2, 0) is 4.79 Å². The van der Waals surface area contributed by atoms with E-state index in [1.54, 1.807) is 24.5 Å². The van der Waals surface area contributed by atoms with E-state index in [2.05, 4.69) is 27.4 Å². The Hall–Kier alpha value is -3.88. The summed E-state index contributed by atoms with van der Waals surface area (Å²) in [5.74, 6) is -0.187. The molecule has 0 aliphatic rings. The molecule has 31 heavy (non-hydrogen) atoms. The molecule has 7 nitrogen and oxygen atoms in total. The van der Waals surface area contributed by atoms with Gasteiger partial charge in [0.05, 0.1) is 10.8 Å². The molecule has 2 aromatic heterocycles. The predicted molar refractivity (Wildman–Crippen MR) is 121 cm³/mol. The SMILES string of the molecule is CCC(Sc1nc(N)c(C#N)c(-c2ccc(C)cc2)c1C#N)C(=O)Nc1ccncc1. The lowest BCUT2D eigenvalue weighted by Gasteiger charge is -2.17. The minimum atomic E-state index is -0.508. The van der Waals surface area contributed by atoms with Gasteiger partial charge in [0.2, 0.25) is 5.91 Å². The highest BCUT2D eigenvalue weighted by atomic mass is 32.2. The maximum atomic E-state index is 12.8. The van der Waals surface area contributed by atoms with Crippen molar-refractivity contribution in [3.63, 3.8) is 0 Å². The smallest absolute Gasteiger partial charge is 0.237 e. The van der Waals surface area contributed by atoms with Crippen molar-refractivity contribution in [2.24, 2.45) is 0 Å². The maximum Gasteiger partial charge on any atom is 0.237 e. The molecule has 0 saturated heterocycles. The molecule has 1 unspecified atom stereocenters. The van der Waals surface area contributed by atoms with Crippen LogP contribution in [0.3, 0.4) is 0 Å². The number of hydrogen-bond donors (Lipinski definition) is 2. The zero-order valence-corrected chi connectivity index (χ0v) is 17.9. The van der Waals surface area contributed by atoms with E-state index in [0.717, 1.165) is 17.3 Å². The Balaban J connectivity index is 2.02. The van der Waals surface area contributed by atoms with Gasteiger partial charge in [0.25, 0.3) is 0 Å². The topological polar surface area (TPSA) is 128 Å². The van der Waals surface area contributed by atoms with Gasteiger partial charge in [-0.05, 0) is 31.0 Å². The second-order valence-electron chi connectivity index (χ2n) is 6.76. The molecule has 3 rings (SSSR count). The van der Waals surface area contributed by atoms with Crippen LogP contribution in [0, 0.1) is 29.6 Å². The fourth-order valence-electron chi connectivity index (χ4n) is 3.01. The van der Waals surface area contributed by atoms with Crippen LogP contribution in [0.1, 0.15) is 30.0 Å². The number of nitrogens with one attached hydrogen (secondary N) is 1. The second kappa shape index (κ2) is 9.75. The molecule has 2 heterocycles. The number of pyridine rings is 2. The average molecular weight is 429 g/mol. The highest BCUT2D eigenvalue weighted by Gasteiger charge is 2.25. The number of nitriles is 2. The first-order valence-corrected chi connectivity index (χ1v) is 10.4. The molecule has 0 fully saturated rings. The van der Waals surface area contributed by atoms with Crippen LogP contribution in [0.5, 0.6) is 0 Å². The van der Waals surface area contributed by atoms with E-state index < -0.39 is 5.25 Å². The molecular formula is C23H20N6OS. The van der Waals surface area contributed by atoms with Crippen LogP contribution in [-0.4, -0.2) is 21.1 Å². The summed E-state index contributed by atoms with van der Waals surface area (Å²) in [6.45, 7) is 3.83. The molecule has 3 N–H and O–H groups in total. The summed E-state index contributed by atoms with van der Waals surface area (Å²) < 4.78 is 0. The number of hydrogen-bond acceptors (Lipinski definition) is 7. The van der Waals surface area contributed by atoms with Gasteiger partial charge in [-0.1, -0.05) is 48.5 Å². The van der Waals surface area contributed by atoms with E-state index in [4.69, 9.17) is 5.73 Å². The average Bonchev–Trinajstić information content (AvgIpc) is 2.78. The van der Waals surface area contributed by atoms with Gasteiger partial charge in [0.1, 0.15) is 28.5 Å². The van der Waals surface area contributed by atoms with Crippen molar-refractivity contribution in [2.45, 2.75) is 30.5 Å². The van der Waals surface area contributed by atoms with E-state index in [0.29, 0.717) is 28.3 Å². The van der Waals surface area contributed by atoms with E-state index >= 15 is 0 Å². The molecule has 0 aliphatic heterocycles. The molecular weight excluding hydrogens is 408 g/mol. The lowest BCUT2D eigenvalue weighted by atomic mass is 9.96. The number of thioether (sulfide) groups is 1. The number of carbonyl (C=O) groups excluding carboxylic acids is 1. The summed E-state index contributed by atoms with van der Waals surface area (Å²) >= 11 is 1.16. The third-order valence-corrected chi connectivity index (χ3v) is 5.97. The van der Waals surface area contributed by atoms with Crippen molar-refractivity contribution in [2.75, 3.05) is 11.1 Å². The highest BCUT2D eigenvalue weighted by molar-refractivity contribution is 8.00. The molecule has 1 atom stereocenters. The van der Waals surface area contributed by atoms with Gasteiger partial charge in [-0.3, -0.25) is 9.78 Å². The van der Waals surface area contributed by atoms with Gasteiger partial charge in [-0.15, -0.1) is 0 Å². The fraction of sp³-hybridized carbons (Fsp3) is 0.174. The fourth-order valence-corrected chi connectivity index (χ4v) is 4.03. The quantitative estimate of drug-likeness (QED) is 0.560. The van der Waals surface area contributed by atoms with Crippen molar-refractivity contribution in [3.05, 3.63) is 65.5 Å². The van der Waals surface area contributed by atoms with Crippen LogP contribution in [0.2, 0.25) is 0 Å². The maximum absolute atomic E-state index is 12.8. The highest BCUT2D eigenvalue weighted by Crippen LogP contribution is 2.37. The summed E-state index contributed by atoms with van der Waals surface area (Å²) in [5.41, 5.74) is 9.28. The van der Waals surface area contributed by atoms with Crippen molar-refractivity contribution in [1.82, 2.24) is 9.97 Å². The lowest BCUT2D eigenvalue weighted by Crippen LogP contribution is -2.25. The van der Waals surface area contributed by atoms with Crippen molar-refractivity contribution < 1.29 is 4.79 Å². The van der Waals surface area contributed by atoms with Gasteiger partial charge < -0.3 is 11.1 Å². The summed E-state index contributed by atoms with van der Waals surface area (Å²) in [7, 11) is 0. The van der Waals surface area contributed by atoms with E-state index in [9.17, 15) is 15.3 Å². The summed E-state index contributed by atoms with van der Waals surface area (Å²) in [5, 5.41) is 22.2. The first-order chi connectivity index (χ1) is 15.0. The first-order valence-electron chi connectivity index (χ1n) is 9.56. The lowest BCUT2D eigenvalue weighted by molar-refractivity contribution is -0.115. The first kappa shape index (κ1) is 21.8. The van der Waals surface area contributed by atoms with Crippen LogP contribution >= 0.6 is 11.8 Å². The monoisotopic (exact) mass is 428 g/mol. The minimum absolute atomic E-state index is 0.0315. The molecule has 0 bridgehead atoms. The summed E-state index contributed by atoms with van der Waals surface area (Å²) in [4.78, 5) is 21.0. The number of benzene rings is 1. The molecule has 0 aliphatic carbocycles. The number of aryl methyl sites for hydroxylation is 1. The standard InChI is InChI=1S/C23H20N6OS/c1-3-19(22(30)28-16-8-10-27-11-9-16)31-23-18(13-25)20(17(12-24)21(26)29-23)15-6-4-14(2)5-7-15/h4-11,19H,3H2,1-2H3,(H2,26,29)(H,27,28,30). The van der Waals surface area contributed by atoms with Crippen LogP contribution in [0.15, 0.2) is 53.8 Å². The van der Waals surface area contributed by atoms with Crippen LogP contribution < -0.4 is 11.1 Å². The Morgan fingerprint density at radius 1 is 1.13 bits per heavy atom. The van der Waals surface area contributed by atoms with Gasteiger partial charge in [0, 0.05) is 23.6 Å². The number of aromatic nitrogens is 2. The zero-order valence-electron chi connectivity index (χ0n) is 17.1. The van der Waals surface area contributed by atoms with E-state index in [1.165, 1.54) is 0 Å². The van der Waals surface area contributed by atoms with Crippen molar-refractivity contribution in [3.8, 4) is 23.3 Å². The minimum Gasteiger partial charge on any atom is -0.383 e. The summed E-state index contributed by atoms with van der Waals surface area (Å²) in [6.07, 6.45) is 3.69. The summed E-state index contributed by atoms with van der Waals surface area (Å²) in [6, 6.07) is 15.1.